The van der Waals surface area contributed by atoms with Gasteiger partial charge in [-0.05, 0) is 24.3 Å². The van der Waals surface area contributed by atoms with Crippen LogP contribution in [0, 0.1) is 0 Å². The third kappa shape index (κ3) is 3.44. The number of carbonyl (C=O) groups excluding carboxylic acids is 2. The van der Waals surface area contributed by atoms with E-state index in [1.165, 1.54) is 17.6 Å². The maximum Gasteiger partial charge on any atom is 0.293 e. The molecule has 2 amide bonds. The average Bonchev–Trinajstić information content (AvgIpc) is 3.42. The molecule has 9 heteroatoms. The lowest BCUT2D eigenvalue weighted by Gasteiger charge is -2.32. The molecule has 2 aromatic heterocycles. The monoisotopic (exact) mass is 411 g/mol. The summed E-state index contributed by atoms with van der Waals surface area (Å²) in [5.41, 5.74) is 0.903. The van der Waals surface area contributed by atoms with E-state index in [1.807, 2.05) is 18.2 Å². The molecule has 5 rings (SSSR count). The Morgan fingerprint density at radius 3 is 2.86 bits per heavy atom. The number of rotatable bonds is 3. The van der Waals surface area contributed by atoms with Crippen LogP contribution in [0.15, 0.2) is 47.1 Å². The second-order valence-corrected chi connectivity index (χ2v) is 7.78. The van der Waals surface area contributed by atoms with E-state index < -0.39 is 6.10 Å². The van der Waals surface area contributed by atoms with Gasteiger partial charge in [0.05, 0.1) is 18.5 Å². The minimum atomic E-state index is -0.669. The number of carbonyl (C=O) groups is 2. The van der Waals surface area contributed by atoms with E-state index >= 15 is 0 Å². The van der Waals surface area contributed by atoms with Gasteiger partial charge >= 0.3 is 0 Å². The van der Waals surface area contributed by atoms with Crippen molar-refractivity contribution in [3.8, 4) is 11.5 Å². The Balaban J connectivity index is 1.26. The molecule has 2 aliphatic heterocycles. The van der Waals surface area contributed by atoms with Gasteiger partial charge in [-0.2, -0.15) is 0 Å². The van der Waals surface area contributed by atoms with Gasteiger partial charge in [0.2, 0.25) is 6.10 Å². The number of hydrogen-bond acceptors (Lipinski definition) is 7. The molecule has 8 nitrogen and oxygen atoms in total. The number of thiazole rings is 1. The zero-order valence-electron chi connectivity index (χ0n) is 15.3. The fourth-order valence-corrected chi connectivity index (χ4v) is 4.37. The standard InChI is InChI=1S/C20H17N3O5S/c24-18(15-6-3-9-26-15)22-20-21-12-7-8-23(10-17(12)29-20)19(25)16-11-27-13-4-1-2-5-14(13)28-16/h1-6,9,16H,7-8,10-11H2,(H,21,22,24)/t16-/m0/s1. The molecule has 1 atom stereocenters. The number of nitrogens with zero attached hydrogens (tertiary/aromatic N) is 2. The van der Waals surface area contributed by atoms with E-state index in [0.29, 0.717) is 36.1 Å². The Kier molecular flexibility index (Phi) is 4.44. The highest BCUT2D eigenvalue weighted by atomic mass is 32.1. The number of hydrogen-bond donors (Lipinski definition) is 1. The second kappa shape index (κ2) is 7.25. The van der Waals surface area contributed by atoms with Gasteiger partial charge in [0, 0.05) is 17.8 Å². The van der Waals surface area contributed by atoms with E-state index in [2.05, 4.69) is 10.3 Å². The lowest BCUT2D eigenvalue weighted by Crippen LogP contribution is -2.47. The molecule has 4 heterocycles. The van der Waals surface area contributed by atoms with Crippen LogP contribution in [0.25, 0.3) is 0 Å². The molecule has 0 bridgehead atoms. The number of nitrogens with one attached hydrogen (secondary N) is 1. The van der Waals surface area contributed by atoms with Crippen LogP contribution < -0.4 is 14.8 Å². The first-order valence-electron chi connectivity index (χ1n) is 9.18. The molecule has 1 N–H and O–H groups in total. The molecule has 148 valence electrons. The van der Waals surface area contributed by atoms with Gasteiger partial charge in [-0.25, -0.2) is 4.98 Å². The number of aromatic nitrogens is 1. The van der Waals surface area contributed by atoms with E-state index in [-0.39, 0.29) is 24.2 Å². The van der Waals surface area contributed by atoms with Gasteiger partial charge in [-0.3, -0.25) is 14.9 Å². The number of anilines is 1. The zero-order valence-corrected chi connectivity index (χ0v) is 16.1. The van der Waals surface area contributed by atoms with Crippen LogP contribution in [0.4, 0.5) is 5.13 Å². The summed E-state index contributed by atoms with van der Waals surface area (Å²) in [7, 11) is 0. The van der Waals surface area contributed by atoms with Crippen molar-refractivity contribution in [1.82, 2.24) is 9.88 Å². The smallest absolute Gasteiger partial charge is 0.293 e. The van der Waals surface area contributed by atoms with Gasteiger partial charge in [0.25, 0.3) is 11.8 Å². The van der Waals surface area contributed by atoms with Crippen molar-refractivity contribution in [2.75, 3.05) is 18.5 Å². The fourth-order valence-electron chi connectivity index (χ4n) is 3.35. The number of para-hydroxylation sites is 2. The first kappa shape index (κ1) is 17.7. The molecular formula is C20H17N3O5S. The highest BCUT2D eigenvalue weighted by molar-refractivity contribution is 7.15. The minimum Gasteiger partial charge on any atom is -0.485 e. The number of amides is 2. The van der Waals surface area contributed by atoms with E-state index in [4.69, 9.17) is 13.9 Å². The van der Waals surface area contributed by atoms with Crippen molar-refractivity contribution < 1.29 is 23.5 Å². The quantitative estimate of drug-likeness (QED) is 0.712. The molecule has 1 aromatic carbocycles. The number of benzene rings is 1. The molecule has 3 aromatic rings. The third-order valence-electron chi connectivity index (χ3n) is 4.79. The maximum absolute atomic E-state index is 12.9. The summed E-state index contributed by atoms with van der Waals surface area (Å²) in [6.07, 6.45) is 1.40. The summed E-state index contributed by atoms with van der Waals surface area (Å²) >= 11 is 1.37. The summed E-state index contributed by atoms with van der Waals surface area (Å²) in [4.78, 5) is 32.3. The van der Waals surface area contributed by atoms with Crippen molar-refractivity contribution in [2.45, 2.75) is 19.1 Å². The van der Waals surface area contributed by atoms with Crippen LogP contribution in [0.1, 0.15) is 21.1 Å². The summed E-state index contributed by atoms with van der Waals surface area (Å²) in [6, 6.07) is 10.6. The Bertz CT molecular complexity index is 1060. The highest BCUT2D eigenvalue weighted by Gasteiger charge is 2.33. The Hall–Kier alpha value is -3.33. The SMILES string of the molecule is O=C(Nc1nc2c(s1)CN(C(=O)[C@@H]1COc3ccccc3O1)CC2)c1ccco1. The largest absolute Gasteiger partial charge is 0.485 e. The van der Waals surface area contributed by atoms with E-state index in [1.54, 1.807) is 23.1 Å². The molecule has 0 unspecified atom stereocenters. The van der Waals surface area contributed by atoms with Crippen molar-refractivity contribution in [3.63, 3.8) is 0 Å². The number of furan rings is 1. The summed E-state index contributed by atoms with van der Waals surface area (Å²) in [5, 5.41) is 3.24. The summed E-state index contributed by atoms with van der Waals surface area (Å²) < 4.78 is 16.6. The fraction of sp³-hybridized carbons (Fsp3) is 0.250. The number of ether oxygens (including phenoxy) is 2. The van der Waals surface area contributed by atoms with E-state index in [9.17, 15) is 9.59 Å². The first-order valence-corrected chi connectivity index (χ1v) is 10.00. The van der Waals surface area contributed by atoms with Gasteiger partial charge in [0.15, 0.2) is 22.4 Å². The van der Waals surface area contributed by atoms with Crippen LogP contribution in [-0.4, -0.2) is 41.0 Å². The minimum absolute atomic E-state index is 0.111. The van der Waals surface area contributed by atoms with Crippen molar-refractivity contribution in [3.05, 3.63) is 59.0 Å². The van der Waals surface area contributed by atoms with Crippen LogP contribution >= 0.6 is 11.3 Å². The van der Waals surface area contributed by atoms with Gasteiger partial charge < -0.3 is 18.8 Å². The first-order chi connectivity index (χ1) is 14.2. The van der Waals surface area contributed by atoms with Crippen LogP contribution in [-0.2, 0) is 17.8 Å². The number of fused-ring (bicyclic) bond motifs is 2. The predicted molar refractivity (Wildman–Crippen MR) is 104 cm³/mol. The van der Waals surface area contributed by atoms with Crippen LogP contribution in [0.3, 0.4) is 0 Å². The van der Waals surface area contributed by atoms with E-state index in [0.717, 1.165) is 10.6 Å². The summed E-state index contributed by atoms with van der Waals surface area (Å²) in [5.74, 6) is 0.997. The topological polar surface area (TPSA) is 93.9 Å². The molecule has 0 fully saturated rings. The van der Waals surface area contributed by atoms with Crippen molar-refractivity contribution in [2.24, 2.45) is 0 Å². The molecule has 0 saturated heterocycles. The van der Waals surface area contributed by atoms with Crippen molar-refractivity contribution >= 4 is 28.3 Å². The van der Waals surface area contributed by atoms with Gasteiger partial charge in [0.1, 0.15) is 6.61 Å². The second-order valence-electron chi connectivity index (χ2n) is 6.69. The Morgan fingerprint density at radius 1 is 1.17 bits per heavy atom. The Morgan fingerprint density at radius 2 is 2.03 bits per heavy atom. The molecule has 0 spiro atoms. The molecule has 29 heavy (non-hydrogen) atoms. The molecule has 2 aliphatic rings. The molecule has 0 radical (unpaired) electrons. The molecule has 0 saturated carbocycles. The average molecular weight is 411 g/mol. The molecular weight excluding hydrogens is 394 g/mol. The highest BCUT2D eigenvalue weighted by Crippen LogP contribution is 2.33. The van der Waals surface area contributed by atoms with Gasteiger partial charge in [-0.1, -0.05) is 23.5 Å². The Labute approximate surface area is 170 Å². The van der Waals surface area contributed by atoms with Crippen molar-refractivity contribution in [1.29, 1.82) is 0 Å². The van der Waals surface area contributed by atoms with Crippen LogP contribution in [0.2, 0.25) is 0 Å². The molecule has 0 aliphatic carbocycles. The normalized spacial score (nSPS) is 17.5. The zero-order chi connectivity index (χ0) is 19.8. The third-order valence-corrected chi connectivity index (χ3v) is 5.79. The van der Waals surface area contributed by atoms with Gasteiger partial charge in [-0.15, -0.1) is 0 Å². The predicted octanol–water partition coefficient (Wildman–Crippen LogP) is 2.71. The lowest BCUT2D eigenvalue weighted by molar-refractivity contribution is -0.142. The maximum atomic E-state index is 12.9. The lowest BCUT2D eigenvalue weighted by atomic mass is 10.1. The summed E-state index contributed by atoms with van der Waals surface area (Å²) in [6.45, 7) is 1.17. The van der Waals surface area contributed by atoms with Crippen LogP contribution in [0.5, 0.6) is 11.5 Å².